The summed E-state index contributed by atoms with van der Waals surface area (Å²) < 4.78 is 0. The third kappa shape index (κ3) is 6.38. The largest absolute Gasteiger partial charge is 0.0881 e. The molecule has 0 fully saturated rings. The minimum absolute atomic E-state index is 0.480. The molecule has 0 aliphatic rings. The van der Waals surface area contributed by atoms with Crippen molar-refractivity contribution in [2.24, 2.45) is 29.1 Å². The summed E-state index contributed by atoms with van der Waals surface area (Å²) in [7, 11) is 0. The lowest BCUT2D eigenvalue weighted by molar-refractivity contribution is 0.177. The van der Waals surface area contributed by atoms with Crippen LogP contribution in [0.5, 0.6) is 0 Å². The van der Waals surface area contributed by atoms with E-state index < -0.39 is 0 Å². The number of rotatable bonds is 7. The van der Waals surface area contributed by atoms with E-state index in [0.717, 1.165) is 30.1 Å². The molecule has 0 saturated heterocycles. The summed E-state index contributed by atoms with van der Waals surface area (Å²) in [6, 6.07) is 0. The van der Waals surface area contributed by atoms with E-state index in [0.29, 0.717) is 5.41 Å². The highest BCUT2D eigenvalue weighted by Crippen LogP contribution is 2.34. The van der Waals surface area contributed by atoms with Crippen LogP contribution >= 0.6 is 0 Å². The molecule has 0 heteroatoms. The molecule has 0 aliphatic carbocycles. The van der Waals surface area contributed by atoms with Gasteiger partial charge in [0.05, 0.1) is 13.3 Å². The Kier molecular flexibility index (Phi) is 7.28. The Bertz CT molecular complexity index is 183. The molecule has 0 nitrogen and oxygen atoms in total. The van der Waals surface area contributed by atoms with Gasteiger partial charge in [0.2, 0.25) is 0 Å². The quantitative estimate of drug-likeness (QED) is 0.480. The first-order valence-electron chi connectivity index (χ1n) is 7.52. The maximum atomic E-state index is 4.10. The first kappa shape index (κ1) is 16.9. The van der Waals surface area contributed by atoms with Gasteiger partial charge < -0.3 is 0 Å². The van der Waals surface area contributed by atoms with Crippen LogP contribution in [0.2, 0.25) is 0 Å². The molecule has 4 atom stereocenters. The van der Waals surface area contributed by atoms with E-state index in [1.54, 1.807) is 0 Å². The van der Waals surface area contributed by atoms with Gasteiger partial charge in [0.1, 0.15) is 0 Å². The summed E-state index contributed by atoms with van der Waals surface area (Å²) >= 11 is 0. The molecule has 0 N–H and O–H groups in total. The first-order chi connectivity index (χ1) is 7.72. The SMILES string of the molecule is [CH2+]CC(CC)C(C)C(C)C(C)CCC(C)(C)C. The monoisotopic (exact) mass is 239 g/mol. The van der Waals surface area contributed by atoms with Crippen LogP contribution in [0.15, 0.2) is 0 Å². The molecule has 0 rings (SSSR count). The fraction of sp³-hybridized carbons (Fsp3) is 0.941. The molecule has 17 heavy (non-hydrogen) atoms. The molecule has 0 heterocycles. The fourth-order valence-electron chi connectivity index (χ4n) is 2.71. The van der Waals surface area contributed by atoms with Gasteiger partial charge in [-0.2, -0.15) is 0 Å². The zero-order valence-corrected chi connectivity index (χ0v) is 13.3. The summed E-state index contributed by atoms with van der Waals surface area (Å²) in [6.07, 6.45) is 5.07. The van der Waals surface area contributed by atoms with Crippen LogP contribution in [0, 0.1) is 36.0 Å². The lowest BCUT2D eigenvalue weighted by Gasteiger charge is -2.31. The Morgan fingerprint density at radius 1 is 1.00 bits per heavy atom. The van der Waals surface area contributed by atoms with Crippen LogP contribution in [0.3, 0.4) is 0 Å². The molecule has 0 aliphatic heterocycles. The van der Waals surface area contributed by atoms with Crippen molar-refractivity contribution in [1.29, 1.82) is 0 Å². The Balaban J connectivity index is 4.24. The molecule has 0 bridgehead atoms. The minimum Gasteiger partial charge on any atom is -0.0649 e. The first-order valence-corrected chi connectivity index (χ1v) is 7.52. The zero-order chi connectivity index (χ0) is 13.6. The topological polar surface area (TPSA) is 0 Å². The van der Waals surface area contributed by atoms with Crippen LogP contribution in [0.25, 0.3) is 0 Å². The van der Waals surface area contributed by atoms with E-state index in [1.807, 2.05) is 0 Å². The van der Waals surface area contributed by atoms with Gasteiger partial charge in [-0.05, 0) is 42.4 Å². The average Bonchev–Trinajstić information content (AvgIpc) is 2.25. The normalized spacial score (nSPS) is 19.7. The van der Waals surface area contributed by atoms with Crippen LogP contribution in [0.4, 0.5) is 0 Å². The van der Waals surface area contributed by atoms with Crippen molar-refractivity contribution in [1.82, 2.24) is 0 Å². The van der Waals surface area contributed by atoms with E-state index >= 15 is 0 Å². The predicted octanol–water partition coefficient (Wildman–Crippen LogP) is 5.97. The molecule has 4 unspecified atom stereocenters. The Morgan fingerprint density at radius 2 is 1.53 bits per heavy atom. The van der Waals surface area contributed by atoms with Crippen molar-refractivity contribution < 1.29 is 0 Å². The second-order valence-electron chi connectivity index (χ2n) is 7.25. The molecule has 102 valence electrons. The maximum absolute atomic E-state index is 4.10. The molecule has 0 spiro atoms. The molecule has 0 aromatic carbocycles. The molecule has 0 radical (unpaired) electrons. The van der Waals surface area contributed by atoms with Gasteiger partial charge in [0.15, 0.2) is 0 Å². The van der Waals surface area contributed by atoms with Crippen LogP contribution in [0.1, 0.15) is 74.1 Å². The van der Waals surface area contributed by atoms with Crippen LogP contribution in [-0.2, 0) is 0 Å². The van der Waals surface area contributed by atoms with Gasteiger partial charge >= 0.3 is 0 Å². The average molecular weight is 239 g/mol. The summed E-state index contributed by atoms with van der Waals surface area (Å²) in [5, 5.41) is 0. The second-order valence-corrected chi connectivity index (χ2v) is 7.25. The van der Waals surface area contributed by atoms with Crippen LogP contribution < -0.4 is 0 Å². The van der Waals surface area contributed by atoms with Gasteiger partial charge in [-0.15, -0.1) is 0 Å². The lowest BCUT2D eigenvalue weighted by Crippen LogP contribution is -2.24. The summed E-state index contributed by atoms with van der Waals surface area (Å²) in [5.74, 6) is 3.28. The number of hydrogen-bond acceptors (Lipinski definition) is 0. The van der Waals surface area contributed by atoms with Crippen LogP contribution in [-0.4, -0.2) is 0 Å². The lowest BCUT2D eigenvalue weighted by atomic mass is 9.73. The molecule has 0 amide bonds. The van der Waals surface area contributed by atoms with Crippen molar-refractivity contribution in [3.05, 3.63) is 6.92 Å². The minimum atomic E-state index is 0.480. The van der Waals surface area contributed by atoms with E-state index in [2.05, 4.69) is 55.4 Å². The van der Waals surface area contributed by atoms with E-state index in [9.17, 15) is 0 Å². The molecule has 0 aromatic rings. The van der Waals surface area contributed by atoms with Crippen molar-refractivity contribution in [2.75, 3.05) is 0 Å². The van der Waals surface area contributed by atoms with Crippen molar-refractivity contribution >= 4 is 0 Å². The van der Waals surface area contributed by atoms with E-state index in [-0.39, 0.29) is 0 Å². The van der Waals surface area contributed by atoms with E-state index in [4.69, 9.17) is 0 Å². The van der Waals surface area contributed by atoms with Gasteiger partial charge in [0.25, 0.3) is 0 Å². The maximum Gasteiger partial charge on any atom is 0.0881 e. The Morgan fingerprint density at radius 3 is 1.88 bits per heavy atom. The van der Waals surface area contributed by atoms with Gasteiger partial charge in [0, 0.05) is 5.92 Å². The molecule has 0 saturated carbocycles. The van der Waals surface area contributed by atoms with Crippen molar-refractivity contribution in [2.45, 2.75) is 74.1 Å². The van der Waals surface area contributed by atoms with Gasteiger partial charge in [-0.25, -0.2) is 0 Å². The summed E-state index contributed by atoms with van der Waals surface area (Å²) in [5.41, 5.74) is 0.480. The third-order valence-electron chi connectivity index (χ3n) is 4.72. The molecule has 0 aromatic heterocycles. The Hall–Kier alpha value is -0.130. The van der Waals surface area contributed by atoms with Crippen molar-refractivity contribution in [3.63, 3.8) is 0 Å². The summed E-state index contributed by atoms with van der Waals surface area (Å²) in [4.78, 5) is 0. The second kappa shape index (κ2) is 7.34. The third-order valence-corrected chi connectivity index (χ3v) is 4.72. The molecular weight excluding hydrogens is 204 g/mol. The predicted molar refractivity (Wildman–Crippen MR) is 79.9 cm³/mol. The standard InChI is InChI=1S/C17H35/c1-9-16(10-2)15(5)14(4)13(3)11-12-17(6,7)8/h13-16H,1,9-12H2,2-8H3/q+1. The summed E-state index contributed by atoms with van der Waals surface area (Å²) in [6.45, 7) is 20.7. The highest BCUT2D eigenvalue weighted by molar-refractivity contribution is 4.76. The zero-order valence-electron chi connectivity index (χ0n) is 13.3. The smallest absolute Gasteiger partial charge is 0.0649 e. The van der Waals surface area contributed by atoms with Gasteiger partial charge in [-0.3, -0.25) is 0 Å². The number of hydrogen-bond donors (Lipinski definition) is 0. The molecular formula is C17H35+. The van der Waals surface area contributed by atoms with Crippen molar-refractivity contribution in [3.8, 4) is 0 Å². The highest BCUT2D eigenvalue weighted by Gasteiger charge is 2.26. The van der Waals surface area contributed by atoms with E-state index in [1.165, 1.54) is 19.3 Å². The highest BCUT2D eigenvalue weighted by atomic mass is 14.3. The van der Waals surface area contributed by atoms with Gasteiger partial charge in [-0.1, -0.05) is 48.5 Å². The Labute approximate surface area is 111 Å². The fourth-order valence-corrected chi connectivity index (χ4v) is 2.71.